The van der Waals surface area contributed by atoms with Gasteiger partial charge in [-0.3, -0.25) is 4.90 Å². The molecule has 2 atom stereocenters. The van der Waals surface area contributed by atoms with Gasteiger partial charge in [-0.15, -0.1) is 0 Å². The quantitative estimate of drug-likeness (QED) is 0.448. The maximum Gasteiger partial charge on any atom is 0.534 e. The van der Waals surface area contributed by atoms with Crippen molar-refractivity contribution in [1.82, 2.24) is 4.90 Å². The Balaban J connectivity index is 2.27. The Kier molecular flexibility index (Phi) is 4.41. The SMILES string of the molecule is C=COC(=O)N1[C@@H]2CCC=C(OS(=O)(=O)C(F)(F)F)[C@H]1CC2. The Labute approximate surface area is 125 Å². The average Bonchev–Trinajstić information content (AvgIpc) is 2.71. The third-order valence-electron chi connectivity index (χ3n) is 3.56. The Morgan fingerprint density at radius 2 is 2.05 bits per heavy atom. The molecule has 10 heteroatoms. The number of carbonyl (C=O) groups is 1. The molecule has 6 nitrogen and oxygen atoms in total. The zero-order valence-electron chi connectivity index (χ0n) is 11.4. The van der Waals surface area contributed by atoms with Crippen LogP contribution in [-0.4, -0.2) is 37.0 Å². The van der Waals surface area contributed by atoms with E-state index in [2.05, 4.69) is 15.5 Å². The minimum atomic E-state index is -5.77. The number of nitrogens with zero attached hydrogens (tertiary/aromatic N) is 1. The molecule has 22 heavy (non-hydrogen) atoms. The zero-order valence-corrected chi connectivity index (χ0v) is 12.2. The molecule has 0 unspecified atom stereocenters. The van der Waals surface area contributed by atoms with Crippen molar-refractivity contribution in [2.75, 3.05) is 0 Å². The summed E-state index contributed by atoms with van der Waals surface area (Å²) >= 11 is 0. The summed E-state index contributed by atoms with van der Waals surface area (Å²) in [6.07, 6.45) is 3.02. The van der Waals surface area contributed by atoms with Gasteiger partial charge in [0.2, 0.25) is 0 Å². The number of allylic oxidation sites excluding steroid dienone is 1. The van der Waals surface area contributed by atoms with Crippen LogP contribution in [0.15, 0.2) is 24.7 Å². The monoisotopic (exact) mass is 341 g/mol. The van der Waals surface area contributed by atoms with Crippen LogP contribution in [0, 0.1) is 0 Å². The topological polar surface area (TPSA) is 72.9 Å². The molecule has 2 aliphatic rings. The van der Waals surface area contributed by atoms with Gasteiger partial charge in [0, 0.05) is 6.04 Å². The van der Waals surface area contributed by atoms with Crippen LogP contribution in [0.5, 0.6) is 0 Å². The molecule has 2 bridgehead atoms. The van der Waals surface area contributed by atoms with Gasteiger partial charge in [-0.2, -0.15) is 21.6 Å². The summed E-state index contributed by atoms with van der Waals surface area (Å²) in [5, 5.41) is 0. The van der Waals surface area contributed by atoms with Crippen LogP contribution in [0.3, 0.4) is 0 Å². The van der Waals surface area contributed by atoms with Crippen molar-refractivity contribution in [3.63, 3.8) is 0 Å². The lowest BCUT2D eigenvalue weighted by Gasteiger charge is -2.27. The first-order chi connectivity index (χ1) is 10.2. The number of hydrogen-bond acceptors (Lipinski definition) is 5. The van der Waals surface area contributed by atoms with E-state index in [0.717, 1.165) is 6.26 Å². The predicted octanol–water partition coefficient (Wildman–Crippen LogP) is 2.64. The molecule has 0 N–H and O–H groups in total. The second kappa shape index (κ2) is 5.82. The molecule has 0 aromatic rings. The second-order valence-electron chi connectivity index (χ2n) is 4.87. The molecule has 124 valence electrons. The van der Waals surface area contributed by atoms with E-state index in [1.54, 1.807) is 0 Å². The normalized spacial score (nSPS) is 25.2. The van der Waals surface area contributed by atoms with Gasteiger partial charge < -0.3 is 8.92 Å². The maximum absolute atomic E-state index is 12.4. The summed E-state index contributed by atoms with van der Waals surface area (Å²) in [5.74, 6) is -0.390. The molecular formula is C12H14F3NO5S. The Morgan fingerprint density at radius 1 is 1.36 bits per heavy atom. The number of alkyl halides is 3. The number of carbonyl (C=O) groups excluding carboxylic acids is 1. The summed E-state index contributed by atoms with van der Waals surface area (Å²) in [6, 6.07) is -1.12. The predicted molar refractivity (Wildman–Crippen MR) is 68.7 cm³/mol. The lowest BCUT2D eigenvalue weighted by atomic mass is 10.1. The molecule has 0 radical (unpaired) electrons. The van der Waals surface area contributed by atoms with E-state index in [1.165, 1.54) is 11.0 Å². The van der Waals surface area contributed by atoms with Crippen molar-refractivity contribution < 1.29 is 35.3 Å². The van der Waals surface area contributed by atoms with Crippen LogP contribution in [0.4, 0.5) is 18.0 Å². The largest absolute Gasteiger partial charge is 0.534 e. The average molecular weight is 341 g/mol. The van der Waals surface area contributed by atoms with Crippen molar-refractivity contribution in [1.29, 1.82) is 0 Å². The molecule has 1 saturated heterocycles. The number of fused-ring (bicyclic) bond motifs is 2. The highest BCUT2D eigenvalue weighted by Gasteiger charge is 2.51. The number of halogens is 3. The van der Waals surface area contributed by atoms with Crippen molar-refractivity contribution in [2.45, 2.75) is 43.3 Å². The molecule has 0 saturated carbocycles. The highest BCUT2D eigenvalue weighted by Crippen LogP contribution is 2.38. The third-order valence-corrected chi connectivity index (χ3v) is 4.54. The maximum atomic E-state index is 12.4. The standard InChI is InChI=1S/C12H14F3NO5S/c1-2-20-11(17)16-8-4-3-5-10(9(16)7-6-8)21-22(18,19)12(13,14)15/h2,5,8-9H,1,3-4,6-7H2/t8-,9-/m1/s1. The Hall–Kier alpha value is -1.71. The highest BCUT2D eigenvalue weighted by molar-refractivity contribution is 7.87. The molecule has 0 aromatic heterocycles. The van der Waals surface area contributed by atoms with E-state index in [1.807, 2.05) is 0 Å². The lowest BCUT2D eigenvalue weighted by molar-refractivity contribution is -0.0527. The third kappa shape index (κ3) is 3.06. The second-order valence-corrected chi connectivity index (χ2v) is 6.41. The van der Waals surface area contributed by atoms with Gasteiger partial charge in [-0.25, -0.2) is 4.79 Å². The minimum Gasteiger partial charge on any atom is -0.419 e. The number of rotatable bonds is 3. The number of amides is 1. The molecule has 2 aliphatic heterocycles. The number of hydrogen-bond donors (Lipinski definition) is 0. The van der Waals surface area contributed by atoms with Gasteiger partial charge in [-0.1, -0.05) is 6.58 Å². The minimum absolute atomic E-state index is 0.233. The van der Waals surface area contributed by atoms with Crippen LogP contribution >= 0.6 is 0 Å². The molecule has 1 fully saturated rings. The fraction of sp³-hybridized carbons (Fsp3) is 0.583. The Morgan fingerprint density at radius 3 is 2.64 bits per heavy atom. The van der Waals surface area contributed by atoms with Gasteiger partial charge in [0.15, 0.2) is 0 Å². The van der Waals surface area contributed by atoms with Crippen LogP contribution in [0.2, 0.25) is 0 Å². The fourth-order valence-corrected chi connectivity index (χ4v) is 3.20. The molecule has 0 aliphatic carbocycles. The zero-order chi connectivity index (χ0) is 16.5. The van der Waals surface area contributed by atoms with Crippen LogP contribution in [-0.2, 0) is 19.0 Å². The van der Waals surface area contributed by atoms with Gasteiger partial charge in [-0.05, 0) is 31.8 Å². The van der Waals surface area contributed by atoms with Crippen molar-refractivity contribution in [3.8, 4) is 0 Å². The fourth-order valence-electron chi connectivity index (χ4n) is 2.67. The van der Waals surface area contributed by atoms with Gasteiger partial charge in [0.1, 0.15) is 5.76 Å². The van der Waals surface area contributed by atoms with E-state index in [0.29, 0.717) is 25.7 Å². The van der Waals surface area contributed by atoms with E-state index < -0.39 is 33.5 Å². The van der Waals surface area contributed by atoms with Crippen LogP contribution in [0.25, 0.3) is 0 Å². The molecule has 2 heterocycles. The molecular weight excluding hydrogens is 327 g/mol. The molecule has 0 aromatic carbocycles. The van der Waals surface area contributed by atoms with Crippen molar-refractivity contribution in [3.05, 3.63) is 24.7 Å². The van der Waals surface area contributed by atoms with Crippen LogP contribution in [0.1, 0.15) is 25.7 Å². The smallest absolute Gasteiger partial charge is 0.419 e. The molecule has 1 amide bonds. The van der Waals surface area contributed by atoms with Crippen molar-refractivity contribution in [2.24, 2.45) is 0 Å². The highest BCUT2D eigenvalue weighted by atomic mass is 32.2. The Bertz CT molecular complexity index is 598. The van der Waals surface area contributed by atoms with Gasteiger partial charge in [0.25, 0.3) is 0 Å². The van der Waals surface area contributed by atoms with Crippen LogP contribution < -0.4 is 0 Å². The van der Waals surface area contributed by atoms with Gasteiger partial charge in [0.05, 0.1) is 12.3 Å². The summed E-state index contributed by atoms with van der Waals surface area (Å²) in [6.45, 7) is 3.24. The number of ether oxygens (including phenoxy) is 1. The summed E-state index contributed by atoms with van der Waals surface area (Å²) < 4.78 is 68.6. The van der Waals surface area contributed by atoms with Gasteiger partial charge >= 0.3 is 21.7 Å². The van der Waals surface area contributed by atoms with E-state index in [4.69, 9.17) is 0 Å². The molecule has 2 rings (SSSR count). The summed E-state index contributed by atoms with van der Waals surface area (Å²) in [5.41, 5.74) is -5.52. The first-order valence-electron chi connectivity index (χ1n) is 6.48. The summed E-state index contributed by atoms with van der Waals surface area (Å²) in [7, 11) is -5.77. The van der Waals surface area contributed by atoms with E-state index in [-0.39, 0.29) is 6.04 Å². The lowest BCUT2D eigenvalue weighted by Crippen LogP contribution is -2.42. The van der Waals surface area contributed by atoms with E-state index >= 15 is 0 Å². The molecule has 0 spiro atoms. The first-order valence-corrected chi connectivity index (χ1v) is 7.89. The summed E-state index contributed by atoms with van der Waals surface area (Å²) in [4.78, 5) is 13.1. The van der Waals surface area contributed by atoms with Crippen molar-refractivity contribution >= 4 is 16.2 Å². The first kappa shape index (κ1) is 16.7. The van der Waals surface area contributed by atoms with E-state index in [9.17, 15) is 26.4 Å².